The molecule has 1 aromatic carbocycles. The number of benzene rings is 1. The number of hydrogen-bond acceptors (Lipinski definition) is 4. The lowest BCUT2D eigenvalue weighted by atomic mass is 9.61. The highest BCUT2D eigenvalue weighted by Crippen LogP contribution is 2.53. The van der Waals surface area contributed by atoms with E-state index in [9.17, 15) is 4.79 Å². The molecule has 7 rings (SSSR count). The van der Waals surface area contributed by atoms with Gasteiger partial charge in [-0.15, -0.1) is 0 Å². The number of hydrogen-bond donors (Lipinski definition) is 0. The van der Waals surface area contributed by atoms with Crippen LogP contribution >= 0.6 is 41.9 Å². The smallest absolute Gasteiger partial charge is 0.311 e. The summed E-state index contributed by atoms with van der Waals surface area (Å²) in [4.78, 5) is 17.6. The molecule has 0 amide bonds. The third kappa shape index (κ3) is 3.87. The van der Waals surface area contributed by atoms with Gasteiger partial charge < -0.3 is 9.30 Å². The largest absolute Gasteiger partial charge is 0.466 e. The molecule has 0 spiro atoms. The Balaban J connectivity index is 1.52. The van der Waals surface area contributed by atoms with E-state index in [0.717, 1.165) is 53.4 Å². The second-order valence-corrected chi connectivity index (χ2v) is 11.7. The van der Waals surface area contributed by atoms with E-state index in [1.54, 1.807) is 12.4 Å². The van der Waals surface area contributed by atoms with Gasteiger partial charge in [0.25, 0.3) is 0 Å². The quantitative estimate of drug-likeness (QED) is 0.168. The van der Waals surface area contributed by atoms with Crippen molar-refractivity contribution in [2.45, 2.75) is 38.6 Å². The van der Waals surface area contributed by atoms with Crippen molar-refractivity contribution in [1.29, 1.82) is 0 Å². The monoisotopic (exact) mass is 623 g/mol. The first kappa shape index (κ1) is 23.6. The maximum absolute atomic E-state index is 15.2. The lowest BCUT2D eigenvalue weighted by Crippen LogP contribution is -2.45. The van der Waals surface area contributed by atoms with Crippen molar-refractivity contribution in [3.63, 3.8) is 0 Å². The van der Waals surface area contributed by atoms with Crippen LogP contribution in [0, 0.1) is 23.6 Å². The van der Waals surface area contributed by atoms with Crippen molar-refractivity contribution in [3.05, 3.63) is 53.7 Å². The summed E-state index contributed by atoms with van der Waals surface area (Å²) in [5.41, 5.74) is 3.59. The van der Waals surface area contributed by atoms with Crippen molar-refractivity contribution < 1.29 is 13.9 Å². The molecule has 2 atom stereocenters. The second-order valence-electron chi connectivity index (χ2n) is 9.52. The van der Waals surface area contributed by atoms with E-state index in [2.05, 4.69) is 26.2 Å². The molecule has 3 fully saturated rings. The van der Waals surface area contributed by atoms with Crippen LogP contribution in [0.1, 0.15) is 38.6 Å². The van der Waals surface area contributed by atoms with Gasteiger partial charge in [-0.1, -0.05) is 17.7 Å². The fourth-order valence-corrected chi connectivity index (χ4v) is 7.76. The van der Waals surface area contributed by atoms with Crippen LogP contribution in [0.15, 0.2) is 42.9 Å². The number of ether oxygens (including phenoxy) is 1. The predicted molar refractivity (Wildman–Crippen MR) is 147 cm³/mol. The van der Waals surface area contributed by atoms with Crippen molar-refractivity contribution in [1.82, 2.24) is 13.5 Å². The molecule has 0 N–H and O–H groups in total. The minimum absolute atomic E-state index is 0.0915. The lowest BCUT2D eigenvalue weighted by molar-refractivity contribution is -0.157. The molecule has 35 heavy (non-hydrogen) atoms. The molecular formula is C26H24ClFIN3O2S. The van der Waals surface area contributed by atoms with E-state index in [4.69, 9.17) is 16.3 Å². The van der Waals surface area contributed by atoms with E-state index in [0.29, 0.717) is 28.9 Å². The highest BCUT2D eigenvalue weighted by Gasteiger charge is 2.49. The van der Waals surface area contributed by atoms with Crippen LogP contribution in [-0.4, -0.2) is 26.1 Å². The lowest BCUT2D eigenvalue weighted by Gasteiger charge is -2.48. The molecule has 0 radical (unpaired) electrons. The molecule has 3 saturated carbocycles. The first-order valence-corrected chi connectivity index (χ1v) is 15.6. The highest BCUT2D eigenvalue weighted by molar-refractivity contribution is 14.2. The normalized spacial score (nSPS) is 23.9. The zero-order valence-corrected chi connectivity index (χ0v) is 22.8. The molecule has 0 aliphatic heterocycles. The first-order valence-electron chi connectivity index (χ1n) is 11.9. The topological polar surface area (TPSA) is 49.0 Å². The third-order valence-corrected chi connectivity index (χ3v) is 9.71. The molecule has 182 valence electrons. The molecule has 3 heterocycles. The molecule has 9 heteroatoms. The summed E-state index contributed by atoms with van der Waals surface area (Å²) in [6.07, 6.45) is 9.49. The summed E-state index contributed by atoms with van der Waals surface area (Å²) in [6.45, 7) is 2.20. The molecule has 3 aliphatic rings. The summed E-state index contributed by atoms with van der Waals surface area (Å²) in [7, 11) is 1.53. The van der Waals surface area contributed by atoms with E-state index in [1.807, 2.05) is 45.9 Å². The van der Waals surface area contributed by atoms with Crippen LogP contribution in [0.4, 0.5) is 4.39 Å². The Morgan fingerprint density at radius 1 is 1.20 bits per heavy atom. The van der Waals surface area contributed by atoms with Gasteiger partial charge in [0, 0.05) is 65.3 Å². The summed E-state index contributed by atoms with van der Waals surface area (Å²) >= 11 is 8.51. The Labute approximate surface area is 224 Å². The summed E-state index contributed by atoms with van der Waals surface area (Å²) in [5, 5.41) is 2.09. The van der Waals surface area contributed by atoms with E-state index in [-0.39, 0.29) is 23.7 Å². The number of nitrogens with zero attached hydrogens (tertiary/aromatic N) is 3. The predicted octanol–water partition coefficient (Wildman–Crippen LogP) is 7.84. The zero-order chi connectivity index (χ0) is 24.3. The number of fused-ring (bicyclic) bond motifs is 5. The van der Waals surface area contributed by atoms with Gasteiger partial charge in [0.05, 0.1) is 29.1 Å². The Kier molecular flexibility index (Phi) is 6.25. The standard InChI is InChI=1S/C26H24ClFIN3O2S/c1-2-34-26(33)23-14-3-5-15(6-4-14)24(23)31-13-21(28)18-8-7-16(9-22(18)31)20-12-32(35-29)25-19(20)10-17(27)11-30-25/h7-15,23-24H,2-6H2,1H3/t14?,15?,23-,24-/m0/s1. The molecule has 4 aromatic rings. The molecule has 5 nitrogen and oxygen atoms in total. The number of carbonyl (C=O) groups is 1. The van der Waals surface area contributed by atoms with Crippen molar-refractivity contribution in [3.8, 4) is 11.1 Å². The highest BCUT2D eigenvalue weighted by atomic mass is 127. The fourth-order valence-electron chi connectivity index (χ4n) is 6.35. The van der Waals surface area contributed by atoms with Gasteiger partial charge in [0.1, 0.15) is 5.82 Å². The Morgan fingerprint density at radius 2 is 1.97 bits per heavy atom. The average Bonchev–Trinajstić information content (AvgIpc) is 3.41. The maximum Gasteiger partial charge on any atom is 0.311 e. The van der Waals surface area contributed by atoms with Gasteiger partial charge in [-0.25, -0.2) is 9.37 Å². The Morgan fingerprint density at radius 3 is 2.71 bits per heavy atom. The van der Waals surface area contributed by atoms with Gasteiger partial charge >= 0.3 is 5.97 Å². The number of aromatic nitrogens is 3. The van der Waals surface area contributed by atoms with Gasteiger partial charge in [-0.3, -0.25) is 8.77 Å². The molecule has 0 unspecified atom stereocenters. The molecule has 0 saturated heterocycles. The Hall–Kier alpha value is -1.78. The van der Waals surface area contributed by atoms with Crippen LogP contribution in [-0.2, 0) is 9.53 Å². The average molecular weight is 624 g/mol. The van der Waals surface area contributed by atoms with Crippen LogP contribution in [0.2, 0.25) is 5.02 Å². The number of esters is 1. The zero-order valence-electron chi connectivity index (χ0n) is 19.1. The Bertz CT molecular complexity index is 1450. The van der Waals surface area contributed by atoms with E-state index in [1.165, 1.54) is 9.12 Å². The number of carbonyl (C=O) groups excluding carboxylic acids is 1. The van der Waals surface area contributed by atoms with Crippen LogP contribution in [0.3, 0.4) is 0 Å². The van der Waals surface area contributed by atoms with Gasteiger partial charge in [0.2, 0.25) is 0 Å². The van der Waals surface area contributed by atoms with E-state index >= 15 is 4.39 Å². The molecule has 3 aromatic heterocycles. The fraction of sp³-hybridized carbons (Fsp3) is 0.385. The van der Waals surface area contributed by atoms with Crippen molar-refractivity contribution >= 4 is 69.8 Å². The number of pyridine rings is 1. The minimum atomic E-state index is -0.259. The molecule has 3 aliphatic carbocycles. The van der Waals surface area contributed by atoms with Crippen LogP contribution in [0.25, 0.3) is 33.1 Å². The molecular weight excluding hydrogens is 600 g/mol. The number of halogens is 3. The number of rotatable bonds is 5. The summed E-state index contributed by atoms with van der Waals surface area (Å²) in [6, 6.07) is 7.66. The SMILES string of the molecule is CCOC(=O)[C@H]1C2CCC(CC2)[C@@H]1n1cc(F)c2ccc(-c3cn(SI)c4ncc(Cl)cc34)cc21. The summed E-state index contributed by atoms with van der Waals surface area (Å²) < 4.78 is 24.7. The maximum atomic E-state index is 15.2. The van der Waals surface area contributed by atoms with Crippen molar-refractivity contribution in [2.24, 2.45) is 17.8 Å². The minimum Gasteiger partial charge on any atom is -0.466 e. The van der Waals surface area contributed by atoms with E-state index < -0.39 is 0 Å². The van der Waals surface area contributed by atoms with Gasteiger partial charge in [0.15, 0.2) is 5.65 Å². The van der Waals surface area contributed by atoms with Crippen molar-refractivity contribution in [2.75, 3.05) is 6.61 Å². The van der Waals surface area contributed by atoms with Crippen LogP contribution in [0.5, 0.6) is 0 Å². The summed E-state index contributed by atoms with van der Waals surface area (Å²) in [5.74, 6) is -0.00630. The molecule has 2 bridgehead atoms. The second kappa shape index (κ2) is 9.27. The first-order chi connectivity index (χ1) is 17.0. The van der Waals surface area contributed by atoms with Crippen LogP contribution < -0.4 is 0 Å². The third-order valence-electron chi connectivity index (χ3n) is 7.80. The van der Waals surface area contributed by atoms with Gasteiger partial charge in [-0.05, 0) is 68.2 Å². The van der Waals surface area contributed by atoms with Gasteiger partial charge in [-0.2, -0.15) is 0 Å².